The fourth-order valence-electron chi connectivity index (χ4n) is 1.36. The molecule has 0 aliphatic heterocycles. The van der Waals surface area contributed by atoms with Crippen LogP contribution in [0.25, 0.3) is 0 Å². The molecule has 0 spiro atoms. The number of hydrogen-bond donors (Lipinski definition) is 1. The first-order chi connectivity index (χ1) is 7.88. The lowest BCUT2D eigenvalue weighted by atomic mass is 10.3. The van der Waals surface area contributed by atoms with Crippen molar-refractivity contribution < 1.29 is 4.74 Å². The van der Waals surface area contributed by atoms with Crippen LogP contribution in [0.5, 0.6) is 5.75 Å². The Kier molecular flexibility index (Phi) is 3.38. The van der Waals surface area contributed by atoms with Crippen molar-refractivity contribution in [3.05, 3.63) is 54.4 Å². The summed E-state index contributed by atoms with van der Waals surface area (Å²) in [5, 5.41) is 3.06. The Bertz CT molecular complexity index is 425. The largest absolute Gasteiger partial charge is 0.489 e. The van der Waals surface area contributed by atoms with E-state index in [-0.39, 0.29) is 0 Å². The van der Waals surface area contributed by atoms with E-state index in [1.807, 2.05) is 43.4 Å². The molecule has 3 nitrogen and oxygen atoms in total. The Balaban J connectivity index is 1.94. The van der Waals surface area contributed by atoms with Crippen molar-refractivity contribution in [3.8, 4) is 5.75 Å². The van der Waals surface area contributed by atoms with E-state index >= 15 is 0 Å². The molecule has 0 fully saturated rings. The Labute approximate surface area is 95.1 Å². The van der Waals surface area contributed by atoms with Crippen molar-refractivity contribution in [2.75, 3.05) is 12.4 Å². The van der Waals surface area contributed by atoms with Crippen molar-refractivity contribution in [1.29, 1.82) is 0 Å². The molecule has 1 heterocycles. The summed E-state index contributed by atoms with van der Waals surface area (Å²) in [6.07, 6.45) is 3.53. The van der Waals surface area contributed by atoms with Gasteiger partial charge in [0.15, 0.2) is 0 Å². The van der Waals surface area contributed by atoms with Crippen LogP contribution in [0.4, 0.5) is 5.69 Å². The lowest BCUT2D eigenvalue weighted by molar-refractivity contribution is 0.306. The number of nitrogens with one attached hydrogen (secondary N) is 1. The van der Waals surface area contributed by atoms with Crippen molar-refractivity contribution in [2.24, 2.45) is 0 Å². The molecule has 0 bridgehead atoms. The average molecular weight is 214 g/mol. The number of anilines is 1. The highest BCUT2D eigenvalue weighted by Crippen LogP contribution is 2.16. The van der Waals surface area contributed by atoms with Crippen molar-refractivity contribution in [2.45, 2.75) is 6.61 Å². The minimum atomic E-state index is 0.571. The summed E-state index contributed by atoms with van der Waals surface area (Å²) >= 11 is 0. The first kappa shape index (κ1) is 10.5. The van der Waals surface area contributed by atoms with Gasteiger partial charge in [-0.05, 0) is 42.0 Å². The van der Waals surface area contributed by atoms with Crippen LogP contribution >= 0.6 is 0 Å². The molecule has 0 radical (unpaired) electrons. The van der Waals surface area contributed by atoms with Crippen molar-refractivity contribution >= 4 is 5.69 Å². The highest BCUT2D eigenvalue weighted by Gasteiger charge is 1.95. The van der Waals surface area contributed by atoms with Gasteiger partial charge in [-0.2, -0.15) is 0 Å². The smallest absolute Gasteiger partial charge is 0.119 e. The lowest BCUT2D eigenvalue weighted by Gasteiger charge is -2.06. The van der Waals surface area contributed by atoms with Gasteiger partial charge in [-0.15, -0.1) is 0 Å². The maximum Gasteiger partial charge on any atom is 0.119 e. The molecular weight excluding hydrogens is 200 g/mol. The predicted octanol–water partition coefficient (Wildman–Crippen LogP) is 2.70. The van der Waals surface area contributed by atoms with Gasteiger partial charge in [-0.3, -0.25) is 4.98 Å². The fraction of sp³-hybridized carbons (Fsp3) is 0.154. The summed E-state index contributed by atoms with van der Waals surface area (Å²) in [4.78, 5) is 3.96. The van der Waals surface area contributed by atoms with Crippen LogP contribution < -0.4 is 10.1 Å². The van der Waals surface area contributed by atoms with Gasteiger partial charge >= 0.3 is 0 Å². The molecule has 0 aliphatic carbocycles. The molecule has 16 heavy (non-hydrogen) atoms. The summed E-state index contributed by atoms with van der Waals surface area (Å²) < 4.78 is 5.64. The SMILES string of the molecule is CNc1ccc(OCc2ccncc2)cc1. The number of ether oxygens (including phenoxy) is 1. The van der Waals surface area contributed by atoms with Gasteiger partial charge in [0.2, 0.25) is 0 Å². The van der Waals surface area contributed by atoms with Gasteiger partial charge in [-0.1, -0.05) is 0 Å². The van der Waals surface area contributed by atoms with Gasteiger partial charge in [0.1, 0.15) is 12.4 Å². The van der Waals surface area contributed by atoms with Gasteiger partial charge in [0.25, 0.3) is 0 Å². The highest BCUT2D eigenvalue weighted by molar-refractivity contribution is 5.45. The Hall–Kier alpha value is -2.03. The number of hydrogen-bond acceptors (Lipinski definition) is 3. The molecule has 0 saturated heterocycles. The average Bonchev–Trinajstić information content (AvgIpc) is 2.38. The topological polar surface area (TPSA) is 34.1 Å². The van der Waals surface area contributed by atoms with Crippen LogP contribution in [0.2, 0.25) is 0 Å². The van der Waals surface area contributed by atoms with E-state index in [1.165, 1.54) is 0 Å². The fourth-order valence-corrected chi connectivity index (χ4v) is 1.36. The predicted molar refractivity (Wildman–Crippen MR) is 64.6 cm³/mol. The maximum atomic E-state index is 5.64. The van der Waals surface area contributed by atoms with E-state index < -0.39 is 0 Å². The van der Waals surface area contributed by atoms with Crippen molar-refractivity contribution in [1.82, 2.24) is 4.98 Å². The van der Waals surface area contributed by atoms with Crippen LogP contribution in [0.15, 0.2) is 48.8 Å². The van der Waals surface area contributed by atoms with Gasteiger partial charge in [0, 0.05) is 25.1 Å². The first-order valence-corrected chi connectivity index (χ1v) is 5.18. The molecule has 1 N–H and O–H groups in total. The Morgan fingerprint density at radius 1 is 1.06 bits per heavy atom. The standard InChI is InChI=1S/C13H14N2O/c1-14-12-2-4-13(5-3-12)16-10-11-6-8-15-9-7-11/h2-9,14H,10H2,1H3. The highest BCUT2D eigenvalue weighted by atomic mass is 16.5. The third kappa shape index (κ3) is 2.73. The Morgan fingerprint density at radius 3 is 2.38 bits per heavy atom. The molecule has 82 valence electrons. The summed E-state index contributed by atoms with van der Waals surface area (Å²) in [7, 11) is 1.90. The number of nitrogens with zero attached hydrogens (tertiary/aromatic N) is 1. The lowest BCUT2D eigenvalue weighted by Crippen LogP contribution is -1.95. The summed E-state index contributed by atoms with van der Waals surface area (Å²) in [5.41, 5.74) is 2.20. The minimum absolute atomic E-state index is 0.571. The van der Waals surface area contributed by atoms with Gasteiger partial charge < -0.3 is 10.1 Å². The van der Waals surface area contributed by atoms with Crippen LogP contribution in [0, 0.1) is 0 Å². The number of pyridine rings is 1. The zero-order chi connectivity index (χ0) is 11.2. The molecule has 0 aliphatic rings. The molecule has 3 heteroatoms. The second-order valence-corrected chi connectivity index (χ2v) is 3.42. The van der Waals surface area contributed by atoms with Crippen LogP contribution in [-0.4, -0.2) is 12.0 Å². The summed E-state index contributed by atoms with van der Waals surface area (Å²) in [6, 6.07) is 11.8. The molecular formula is C13H14N2O. The number of rotatable bonds is 4. The van der Waals surface area contributed by atoms with E-state index in [9.17, 15) is 0 Å². The molecule has 0 amide bonds. The van der Waals surface area contributed by atoms with E-state index in [4.69, 9.17) is 4.74 Å². The molecule has 0 unspecified atom stereocenters. The molecule has 2 rings (SSSR count). The van der Waals surface area contributed by atoms with Crippen LogP contribution in [0.1, 0.15) is 5.56 Å². The quantitative estimate of drug-likeness (QED) is 0.849. The zero-order valence-corrected chi connectivity index (χ0v) is 9.18. The van der Waals surface area contributed by atoms with Gasteiger partial charge in [0.05, 0.1) is 0 Å². The molecule has 2 aromatic rings. The Morgan fingerprint density at radius 2 is 1.75 bits per heavy atom. The summed E-state index contributed by atoms with van der Waals surface area (Å²) in [6.45, 7) is 0.571. The van der Waals surface area contributed by atoms with Crippen LogP contribution in [-0.2, 0) is 6.61 Å². The molecule has 1 aromatic heterocycles. The second kappa shape index (κ2) is 5.16. The maximum absolute atomic E-state index is 5.64. The van der Waals surface area contributed by atoms with Crippen molar-refractivity contribution in [3.63, 3.8) is 0 Å². The first-order valence-electron chi connectivity index (χ1n) is 5.18. The van der Waals surface area contributed by atoms with E-state index in [0.29, 0.717) is 6.61 Å². The van der Waals surface area contributed by atoms with Gasteiger partial charge in [-0.25, -0.2) is 0 Å². The number of benzene rings is 1. The third-order valence-electron chi connectivity index (χ3n) is 2.30. The summed E-state index contributed by atoms with van der Waals surface area (Å²) in [5.74, 6) is 0.871. The van der Waals surface area contributed by atoms with Crippen LogP contribution in [0.3, 0.4) is 0 Å². The monoisotopic (exact) mass is 214 g/mol. The van der Waals surface area contributed by atoms with E-state index in [2.05, 4.69) is 10.3 Å². The molecule has 0 atom stereocenters. The third-order valence-corrected chi connectivity index (χ3v) is 2.30. The second-order valence-electron chi connectivity index (χ2n) is 3.42. The van der Waals surface area contributed by atoms with E-state index in [1.54, 1.807) is 12.4 Å². The van der Waals surface area contributed by atoms with E-state index in [0.717, 1.165) is 17.0 Å². The number of aromatic nitrogens is 1. The molecule has 0 saturated carbocycles. The molecule has 1 aromatic carbocycles. The minimum Gasteiger partial charge on any atom is -0.489 e. The normalized spacial score (nSPS) is 9.81. The zero-order valence-electron chi connectivity index (χ0n) is 9.18.